The van der Waals surface area contributed by atoms with Gasteiger partial charge in [0.25, 0.3) is 0 Å². The largest absolute Gasteiger partial charge is 0.486 e. The lowest BCUT2D eigenvalue weighted by Gasteiger charge is -2.12. The first kappa shape index (κ1) is 20.2. The maximum absolute atomic E-state index is 13.7. The summed E-state index contributed by atoms with van der Waals surface area (Å²) in [5.41, 5.74) is 0.148. The van der Waals surface area contributed by atoms with Crippen molar-refractivity contribution in [2.24, 2.45) is 7.05 Å². The predicted octanol–water partition coefficient (Wildman–Crippen LogP) is 4.31. The Balaban J connectivity index is 1.59. The van der Waals surface area contributed by atoms with Crippen LogP contribution in [0, 0.1) is 5.82 Å². The molecule has 0 spiro atoms. The van der Waals surface area contributed by atoms with E-state index in [0.717, 1.165) is 0 Å². The Labute approximate surface area is 171 Å². The first-order valence-corrected chi connectivity index (χ1v) is 9.68. The van der Waals surface area contributed by atoms with Crippen molar-refractivity contribution in [2.75, 3.05) is 5.32 Å². The summed E-state index contributed by atoms with van der Waals surface area (Å²) in [5, 5.41) is 11.5. The molecule has 3 rings (SSSR count). The van der Waals surface area contributed by atoms with Crippen LogP contribution in [0.5, 0.6) is 5.75 Å². The molecule has 1 heterocycles. The quantitative estimate of drug-likeness (QED) is 0.577. The summed E-state index contributed by atoms with van der Waals surface area (Å²) in [4.78, 5) is 12.3. The molecule has 1 amide bonds. The average Bonchev–Trinajstić information content (AvgIpc) is 3.03. The number of carbonyl (C=O) groups is 1. The molecule has 0 fully saturated rings. The Morgan fingerprint density at radius 2 is 1.96 bits per heavy atom. The number of halogens is 2. The van der Waals surface area contributed by atoms with Gasteiger partial charge in [-0.2, -0.15) is 0 Å². The molecule has 3 aromatic rings. The van der Waals surface area contributed by atoms with E-state index in [4.69, 9.17) is 16.3 Å². The second-order valence-electron chi connectivity index (χ2n) is 5.93. The number of amides is 1. The van der Waals surface area contributed by atoms with Crippen LogP contribution in [0.1, 0.15) is 12.7 Å². The van der Waals surface area contributed by atoms with Gasteiger partial charge in [0.2, 0.25) is 5.91 Å². The molecule has 2 aromatic carbocycles. The Morgan fingerprint density at radius 1 is 1.25 bits per heavy atom. The van der Waals surface area contributed by atoms with Crippen molar-refractivity contribution < 1.29 is 13.9 Å². The lowest BCUT2D eigenvalue weighted by molar-refractivity contribution is -0.115. The molecule has 146 valence electrons. The van der Waals surface area contributed by atoms with Crippen LogP contribution in [0.2, 0.25) is 5.02 Å². The molecule has 28 heavy (non-hydrogen) atoms. The third-order valence-electron chi connectivity index (χ3n) is 3.89. The van der Waals surface area contributed by atoms with Gasteiger partial charge in [-0.15, -0.1) is 10.2 Å². The predicted molar refractivity (Wildman–Crippen MR) is 107 cm³/mol. The maximum Gasteiger partial charge on any atom is 0.237 e. The van der Waals surface area contributed by atoms with Crippen LogP contribution in [0.15, 0.2) is 53.7 Å². The fraction of sp³-hybridized carbons (Fsp3) is 0.211. The molecule has 0 aliphatic heterocycles. The first-order chi connectivity index (χ1) is 13.4. The molecule has 6 nitrogen and oxygen atoms in total. The van der Waals surface area contributed by atoms with E-state index in [-0.39, 0.29) is 18.2 Å². The summed E-state index contributed by atoms with van der Waals surface area (Å²) in [5.74, 6) is 0.476. The third kappa shape index (κ3) is 5.02. The Bertz CT molecular complexity index is 965. The van der Waals surface area contributed by atoms with Crippen molar-refractivity contribution in [2.45, 2.75) is 23.9 Å². The van der Waals surface area contributed by atoms with Crippen molar-refractivity contribution in [3.05, 3.63) is 65.2 Å². The minimum absolute atomic E-state index is 0.148. The summed E-state index contributed by atoms with van der Waals surface area (Å²) >= 11 is 7.08. The van der Waals surface area contributed by atoms with E-state index in [1.165, 1.54) is 23.9 Å². The van der Waals surface area contributed by atoms with Crippen LogP contribution < -0.4 is 10.1 Å². The zero-order valence-corrected chi connectivity index (χ0v) is 16.8. The number of aromatic nitrogens is 3. The molecule has 0 radical (unpaired) electrons. The highest BCUT2D eigenvalue weighted by atomic mass is 35.5. The first-order valence-electron chi connectivity index (χ1n) is 8.42. The van der Waals surface area contributed by atoms with Crippen molar-refractivity contribution in [3.8, 4) is 5.75 Å². The molecule has 0 saturated heterocycles. The second-order valence-corrected chi connectivity index (χ2v) is 7.67. The van der Waals surface area contributed by atoms with Gasteiger partial charge >= 0.3 is 0 Å². The zero-order valence-electron chi connectivity index (χ0n) is 15.2. The van der Waals surface area contributed by atoms with E-state index in [0.29, 0.717) is 21.8 Å². The maximum atomic E-state index is 13.7. The average molecular weight is 421 g/mol. The van der Waals surface area contributed by atoms with Crippen LogP contribution in [-0.4, -0.2) is 25.9 Å². The van der Waals surface area contributed by atoms with Crippen LogP contribution in [0.25, 0.3) is 0 Å². The standard InChI is InChI=1S/C19H18ClFN4O2S/c1-12(18(26)22-16-6-4-3-5-15(16)21)28-19-24-23-17(25(19)2)11-27-14-9-7-13(20)8-10-14/h3-10,12H,11H2,1-2H3,(H,22,26). The highest BCUT2D eigenvalue weighted by molar-refractivity contribution is 8.00. The van der Waals surface area contributed by atoms with Crippen LogP contribution >= 0.6 is 23.4 Å². The van der Waals surface area contributed by atoms with Gasteiger partial charge in [0.05, 0.1) is 10.9 Å². The number of nitrogens with zero attached hydrogens (tertiary/aromatic N) is 3. The van der Waals surface area contributed by atoms with Gasteiger partial charge in [0.1, 0.15) is 18.2 Å². The fourth-order valence-corrected chi connectivity index (χ4v) is 3.22. The molecular weight excluding hydrogens is 403 g/mol. The third-order valence-corrected chi connectivity index (χ3v) is 5.28. The van der Waals surface area contributed by atoms with E-state index < -0.39 is 11.1 Å². The summed E-state index contributed by atoms with van der Waals surface area (Å²) in [7, 11) is 1.80. The summed E-state index contributed by atoms with van der Waals surface area (Å²) in [6.45, 7) is 1.95. The number of thioether (sulfide) groups is 1. The fourth-order valence-electron chi connectivity index (χ4n) is 2.26. The van der Waals surface area contributed by atoms with Gasteiger partial charge in [-0.25, -0.2) is 4.39 Å². The van der Waals surface area contributed by atoms with Crippen molar-refractivity contribution in [3.63, 3.8) is 0 Å². The minimum atomic E-state index is -0.493. The molecule has 1 N–H and O–H groups in total. The van der Waals surface area contributed by atoms with E-state index >= 15 is 0 Å². The molecule has 9 heteroatoms. The van der Waals surface area contributed by atoms with Crippen molar-refractivity contribution in [1.29, 1.82) is 0 Å². The lowest BCUT2D eigenvalue weighted by Crippen LogP contribution is -2.23. The van der Waals surface area contributed by atoms with Crippen molar-refractivity contribution >= 4 is 35.0 Å². The van der Waals surface area contributed by atoms with Gasteiger partial charge < -0.3 is 14.6 Å². The second kappa shape index (κ2) is 9.07. The minimum Gasteiger partial charge on any atom is -0.486 e. The van der Waals surface area contributed by atoms with Crippen LogP contribution in [0.4, 0.5) is 10.1 Å². The van der Waals surface area contributed by atoms with Gasteiger partial charge in [0, 0.05) is 12.1 Å². The number of rotatable bonds is 7. The van der Waals surface area contributed by atoms with Crippen LogP contribution in [-0.2, 0) is 18.4 Å². The molecule has 0 aliphatic rings. The molecule has 1 atom stereocenters. The normalized spacial score (nSPS) is 11.9. The van der Waals surface area contributed by atoms with Crippen LogP contribution in [0.3, 0.4) is 0 Å². The number of carbonyl (C=O) groups excluding carboxylic acids is 1. The number of hydrogen-bond donors (Lipinski definition) is 1. The van der Waals surface area contributed by atoms with E-state index in [9.17, 15) is 9.18 Å². The van der Waals surface area contributed by atoms with Gasteiger partial charge in [-0.05, 0) is 43.3 Å². The number of para-hydroxylation sites is 1. The van der Waals surface area contributed by atoms with E-state index in [1.807, 2.05) is 0 Å². The Morgan fingerprint density at radius 3 is 2.68 bits per heavy atom. The summed E-state index contributed by atoms with van der Waals surface area (Å²) < 4.78 is 21.1. The number of hydrogen-bond acceptors (Lipinski definition) is 5. The molecule has 1 aromatic heterocycles. The SMILES string of the molecule is CC(Sc1nnc(COc2ccc(Cl)cc2)n1C)C(=O)Nc1ccccc1F. The van der Waals surface area contributed by atoms with Gasteiger partial charge in [0.15, 0.2) is 11.0 Å². The monoisotopic (exact) mass is 420 g/mol. The number of nitrogens with one attached hydrogen (secondary N) is 1. The smallest absolute Gasteiger partial charge is 0.237 e. The Hall–Kier alpha value is -2.58. The number of anilines is 1. The lowest BCUT2D eigenvalue weighted by atomic mass is 10.3. The van der Waals surface area contributed by atoms with E-state index in [2.05, 4.69) is 15.5 Å². The number of ether oxygens (including phenoxy) is 1. The molecular formula is C19H18ClFN4O2S. The Kier molecular flexibility index (Phi) is 6.53. The topological polar surface area (TPSA) is 69.0 Å². The molecule has 0 bridgehead atoms. The van der Waals surface area contributed by atoms with Gasteiger partial charge in [-0.1, -0.05) is 35.5 Å². The van der Waals surface area contributed by atoms with Gasteiger partial charge in [-0.3, -0.25) is 4.79 Å². The highest BCUT2D eigenvalue weighted by Gasteiger charge is 2.20. The molecule has 0 saturated carbocycles. The summed E-state index contributed by atoms with van der Waals surface area (Å²) in [6, 6.07) is 13.0. The molecule has 1 unspecified atom stereocenters. The highest BCUT2D eigenvalue weighted by Crippen LogP contribution is 2.24. The summed E-state index contributed by atoms with van der Waals surface area (Å²) in [6.07, 6.45) is 0. The van der Waals surface area contributed by atoms with Crippen molar-refractivity contribution in [1.82, 2.24) is 14.8 Å². The number of benzene rings is 2. The molecule has 0 aliphatic carbocycles. The van der Waals surface area contributed by atoms with E-state index in [1.54, 1.807) is 54.9 Å². The zero-order chi connectivity index (χ0) is 20.1.